The number of hydrogen-bond donors (Lipinski definition) is 1. The van der Waals surface area contributed by atoms with Crippen LogP contribution in [0, 0.1) is 5.82 Å². The molecule has 1 aliphatic rings. The summed E-state index contributed by atoms with van der Waals surface area (Å²) in [5.74, 6) is -0.219. The summed E-state index contributed by atoms with van der Waals surface area (Å²) in [6.45, 7) is 0.803. The zero-order valence-electron chi connectivity index (χ0n) is 15.6. The molecule has 0 aliphatic carbocycles. The maximum Gasteiger partial charge on any atom is 0.211 e. The van der Waals surface area contributed by atoms with Crippen molar-refractivity contribution in [3.05, 3.63) is 54.1 Å². The molecular weight excluding hydrogens is 381 g/mol. The highest BCUT2D eigenvalue weighted by atomic mass is 32.2. The third-order valence-electron chi connectivity index (χ3n) is 4.98. The zero-order valence-corrected chi connectivity index (χ0v) is 16.4. The van der Waals surface area contributed by atoms with Crippen molar-refractivity contribution in [2.45, 2.75) is 6.42 Å². The fourth-order valence-corrected chi connectivity index (χ4v) is 4.25. The van der Waals surface area contributed by atoms with Gasteiger partial charge in [0.1, 0.15) is 5.65 Å². The van der Waals surface area contributed by atoms with Crippen LogP contribution in [0.2, 0.25) is 0 Å². The first-order valence-electron chi connectivity index (χ1n) is 8.83. The minimum absolute atomic E-state index is 0.201. The molecule has 3 heterocycles. The molecule has 146 valence electrons. The molecule has 0 atom stereocenters. The lowest BCUT2D eigenvalue weighted by Gasteiger charge is -2.23. The summed E-state index contributed by atoms with van der Waals surface area (Å²) in [4.78, 5) is 7.69. The maximum atomic E-state index is 14.2. The maximum absolute atomic E-state index is 14.2. The number of aromatic amines is 1. The highest BCUT2D eigenvalue weighted by molar-refractivity contribution is 7.88. The van der Waals surface area contributed by atoms with Crippen molar-refractivity contribution in [1.82, 2.24) is 14.3 Å². The number of sulfonamides is 1. The molecule has 0 bridgehead atoms. The van der Waals surface area contributed by atoms with E-state index in [-0.39, 0.29) is 5.75 Å². The van der Waals surface area contributed by atoms with E-state index < -0.39 is 15.8 Å². The van der Waals surface area contributed by atoms with Gasteiger partial charge in [0.25, 0.3) is 0 Å². The molecule has 4 rings (SSSR count). The minimum atomic E-state index is -3.19. The summed E-state index contributed by atoms with van der Waals surface area (Å²) >= 11 is 0. The van der Waals surface area contributed by atoms with Crippen LogP contribution >= 0.6 is 0 Å². The first-order chi connectivity index (χ1) is 13.4. The molecule has 0 saturated carbocycles. The Balaban J connectivity index is 1.72. The number of fused-ring (bicyclic) bond motifs is 1. The number of hydrogen-bond acceptors (Lipinski definition) is 4. The SMILES string of the molecule is COc1ccc(-c2ccnc3[nH]c(C4=CCN(S(C)(=O)=O)CC4)cc23)cc1F. The van der Waals surface area contributed by atoms with Gasteiger partial charge in [0.2, 0.25) is 10.0 Å². The van der Waals surface area contributed by atoms with Crippen LogP contribution in [0.4, 0.5) is 4.39 Å². The summed E-state index contributed by atoms with van der Waals surface area (Å²) in [5, 5.41) is 0.883. The molecule has 1 N–H and O–H groups in total. The number of ether oxygens (including phenoxy) is 1. The smallest absolute Gasteiger partial charge is 0.211 e. The van der Waals surface area contributed by atoms with Gasteiger partial charge in [0.15, 0.2) is 11.6 Å². The fourth-order valence-electron chi connectivity index (χ4n) is 3.48. The average molecular weight is 401 g/mol. The number of H-pyrrole nitrogens is 1. The zero-order chi connectivity index (χ0) is 19.9. The summed E-state index contributed by atoms with van der Waals surface area (Å²) in [6.07, 6.45) is 5.44. The van der Waals surface area contributed by atoms with E-state index in [1.54, 1.807) is 12.3 Å². The summed E-state index contributed by atoms with van der Waals surface area (Å²) < 4.78 is 44.0. The van der Waals surface area contributed by atoms with E-state index in [9.17, 15) is 12.8 Å². The lowest BCUT2D eigenvalue weighted by molar-refractivity contribution is 0.386. The van der Waals surface area contributed by atoms with Gasteiger partial charge in [0.05, 0.1) is 13.4 Å². The van der Waals surface area contributed by atoms with E-state index in [2.05, 4.69) is 9.97 Å². The Morgan fingerprint density at radius 1 is 1.25 bits per heavy atom. The molecule has 0 fully saturated rings. The van der Waals surface area contributed by atoms with Gasteiger partial charge in [-0.15, -0.1) is 0 Å². The Morgan fingerprint density at radius 2 is 2.07 bits per heavy atom. The normalized spacial score (nSPS) is 15.6. The van der Waals surface area contributed by atoms with Crippen LogP contribution in [0.5, 0.6) is 5.75 Å². The molecule has 6 nitrogen and oxygen atoms in total. The largest absolute Gasteiger partial charge is 0.494 e. The van der Waals surface area contributed by atoms with Crippen LogP contribution in [0.1, 0.15) is 12.1 Å². The van der Waals surface area contributed by atoms with Gasteiger partial charge in [-0.3, -0.25) is 0 Å². The molecular formula is C20H20FN3O3S. The van der Waals surface area contributed by atoms with Gasteiger partial charge >= 0.3 is 0 Å². The highest BCUT2D eigenvalue weighted by Crippen LogP contribution is 2.33. The van der Waals surface area contributed by atoms with Crippen LogP contribution in [0.25, 0.3) is 27.7 Å². The van der Waals surface area contributed by atoms with Crippen molar-refractivity contribution in [1.29, 1.82) is 0 Å². The fraction of sp³-hybridized carbons (Fsp3) is 0.250. The van der Waals surface area contributed by atoms with Crippen LogP contribution in [0.15, 0.2) is 42.6 Å². The Hall–Kier alpha value is -2.71. The van der Waals surface area contributed by atoms with E-state index in [4.69, 9.17) is 4.74 Å². The molecule has 0 saturated heterocycles. The molecule has 1 aliphatic heterocycles. The number of benzene rings is 1. The van der Waals surface area contributed by atoms with Crippen molar-refractivity contribution in [3.63, 3.8) is 0 Å². The lowest BCUT2D eigenvalue weighted by atomic mass is 10.0. The van der Waals surface area contributed by atoms with E-state index in [1.165, 1.54) is 23.7 Å². The number of halogens is 1. The third kappa shape index (κ3) is 3.41. The van der Waals surface area contributed by atoms with Crippen molar-refractivity contribution in [3.8, 4) is 16.9 Å². The molecule has 2 aromatic heterocycles. The Labute approximate surface area is 162 Å². The summed E-state index contributed by atoms with van der Waals surface area (Å²) in [6, 6.07) is 8.70. The van der Waals surface area contributed by atoms with E-state index in [0.29, 0.717) is 25.2 Å². The molecule has 1 aromatic carbocycles. The number of nitrogens with zero attached hydrogens (tertiary/aromatic N) is 2. The van der Waals surface area contributed by atoms with E-state index >= 15 is 0 Å². The second-order valence-corrected chi connectivity index (χ2v) is 8.74. The molecule has 0 unspecified atom stereocenters. The van der Waals surface area contributed by atoms with Gasteiger partial charge < -0.3 is 9.72 Å². The molecule has 8 heteroatoms. The average Bonchev–Trinajstić information content (AvgIpc) is 3.11. The van der Waals surface area contributed by atoms with E-state index in [1.807, 2.05) is 24.3 Å². The van der Waals surface area contributed by atoms with Crippen LogP contribution in [-0.2, 0) is 10.0 Å². The molecule has 28 heavy (non-hydrogen) atoms. The number of aromatic nitrogens is 2. The number of methoxy groups -OCH3 is 1. The highest BCUT2D eigenvalue weighted by Gasteiger charge is 2.21. The van der Waals surface area contributed by atoms with Crippen LogP contribution in [0.3, 0.4) is 0 Å². The summed E-state index contributed by atoms with van der Waals surface area (Å²) in [5.41, 5.74) is 4.25. The first-order valence-corrected chi connectivity index (χ1v) is 10.7. The number of rotatable bonds is 4. The van der Waals surface area contributed by atoms with Crippen LogP contribution < -0.4 is 4.74 Å². The topological polar surface area (TPSA) is 75.3 Å². The number of pyridine rings is 1. The lowest BCUT2D eigenvalue weighted by Crippen LogP contribution is -2.33. The van der Waals surface area contributed by atoms with E-state index in [0.717, 1.165) is 27.8 Å². The Kier molecular flexibility index (Phi) is 4.68. The Morgan fingerprint density at radius 3 is 2.71 bits per heavy atom. The van der Waals surface area contributed by atoms with Crippen molar-refractivity contribution >= 4 is 26.6 Å². The monoisotopic (exact) mass is 401 g/mol. The van der Waals surface area contributed by atoms with Gasteiger partial charge in [-0.25, -0.2) is 17.8 Å². The van der Waals surface area contributed by atoms with Gasteiger partial charge in [-0.1, -0.05) is 12.1 Å². The second kappa shape index (κ2) is 7.03. The molecule has 3 aromatic rings. The molecule has 0 spiro atoms. The quantitative estimate of drug-likeness (QED) is 0.727. The predicted molar refractivity (Wildman–Crippen MR) is 107 cm³/mol. The minimum Gasteiger partial charge on any atom is -0.494 e. The standard InChI is InChI=1S/C20H20FN3O3S/c1-27-19-4-3-14(11-17(19)21)15-5-8-22-20-16(15)12-18(23-20)13-6-9-24(10-7-13)28(2,25)26/h3-6,8,11-12H,7,9-10H2,1-2H3,(H,22,23). The second-order valence-electron chi connectivity index (χ2n) is 6.75. The first kappa shape index (κ1) is 18.6. The van der Waals surface area contributed by atoms with Crippen molar-refractivity contribution in [2.24, 2.45) is 0 Å². The van der Waals surface area contributed by atoms with Crippen LogP contribution in [-0.4, -0.2) is 49.1 Å². The number of nitrogens with one attached hydrogen (secondary N) is 1. The molecule has 0 amide bonds. The van der Waals surface area contributed by atoms with Gasteiger partial charge in [-0.05, 0) is 47.4 Å². The predicted octanol–water partition coefficient (Wildman–Crippen LogP) is 3.43. The van der Waals surface area contributed by atoms with Gasteiger partial charge in [-0.2, -0.15) is 4.31 Å². The molecule has 0 radical (unpaired) electrons. The van der Waals surface area contributed by atoms with Crippen molar-refractivity contribution in [2.75, 3.05) is 26.5 Å². The van der Waals surface area contributed by atoms with Gasteiger partial charge in [0, 0.05) is 30.4 Å². The summed E-state index contributed by atoms with van der Waals surface area (Å²) in [7, 11) is -1.75. The Bertz CT molecular complexity index is 1180. The third-order valence-corrected chi connectivity index (χ3v) is 6.25. The van der Waals surface area contributed by atoms with Crippen molar-refractivity contribution < 1.29 is 17.5 Å².